The molecule has 0 aromatic heterocycles. The van der Waals surface area contributed by atoms with Crippen LogP contribution in [0.5, 0.6) is 0 Å². The first-order chi connectivity index (χ1) is 10.1. The van der Waals surface area contributed by atoms with Gasteiger partial charge >= 0.3 is 0 Å². The minimum absolute atomic E-state index is 0.00232. The highest BCUT2D eigenvalue weighted by atomic mass is 35.5. The number of nitrogens with zero attached hydrogens (tertiary/aromatic N) is 2. The van der Waals surface area contributed by atoms with Gasteiger partial charge in [-0.25, -0.2) is 8.42 Å². The van der Waals surface area contributed by atoms with Crippen LogP contribution >= 0.6 is 11.6 Å². The molecule has 0 N–H and O–H groups in total. The molecule has 1 unspecified atom stereocenters. The molecule has 1 atom stereocenters. The lowest BCUT2D eigenvalue weighted by molar-refractivity contribution is -0.384. The molecular weight excluding hydrogens is 332 g/mol. The Hall–Kier alpha value is -1.67. The molecule has 0 fully saturated rings. The molecule has 122 valence electrons. The Morgan fingerprint density at radius 1 is 1.45 bits per heavy atom. The minimum Gasteiger partial charge on any atom is -0.338 e. The molecule has 1 aromatic rings. The third-order valence-electron chi connectivity index (χ3n) is 3.31. The van der Waals surface area contributed by atoms with Crippen LogP contribution in [0.3, 0.4) is 0 Å². The van der Waals surface area contributed by atoms with Crippen LogP contribution in [0.4, 0.5) is 5.69 Å². The number of sulfone groups is 1. The topological polar surface area (TPSA) is 97.6 Å². The zero-order valence-corrected chi connectivity index (χ0v) is 14.0. The van der Waals surface area contributed by atoms with E-state index in [0.29, 0.717) is 0 Å². The molecular formula is C13H17ClN2O5S. The fourth-order valence-electron chi connectivity index (χ4n) is 1.78. The van der Waals surface area contributed by atoms with Crippen molar-refractivity contribution in [2.24, 2.45) is 0 Å². The SMILES string of the molecule is CCS(=O)(=O)CC(C)N(C)C(=O)c1ccc([N+](=O)[O-])cc1Cl. The number of carbonyl (C=O) groups is 1. The second kappa shape index (κ2) is 7.06. The average molecular weight is 349 g/mol. The molecule has 0 bridgehead atoms. The van der Waals surface area contributed by atoms with E-state index in [1.165, 1.54) is 31.0 Å². The molecule has 1 amide bonds. The molecule has 7 nitrogen and oxygen atoms in total. The number of benzene rings is 1. The standard InChI is InChI=1S/C13H17ClN2O5S/c1-4-22(20,21)8-9(2)15(3)13(17)11-6-5-10(16(18)19)7-12(11)14/h5-7,9H,4,8H2,1-3H3. The number of hydrogen-bond donors (Lipinski definition) is 0. The van der Waals surface area contributed by atoms with E-state index < -0.39 is 26.7 Å². The van der Waals surface area contributed by atoms with Crippen molar-refractivity contribution in [2.45, 2.75) is 19.9 Å². The Kier molecular flexibility index (Phi) is 5.90. The number of non-ortho nitro benzene ring substituents is 1. The molecule has 0 aliphatic carbocycles. The molecule has 0 heterocycles. The largest absolute Gasteiger partial charge is 0.338 e. The monoisotopic (exact) mass is 348 g/mol. The summed E-state index contributed by atoms with van der Waals surface area (Å²) in [5.41, 5.74) is -0.124. The smallest absolute Gasteiger partial charge is 0.270 e. The van der Waals surface area contributed by atoms with Crippen LogP contribution in [0.2, 0.25) is 5.02 Å². The average Bonchev–Trinajstić information content (AvgIpc) is 2.45. The fourth-order valence-corrected chi connectivity index (χ4v) is 3.23. The maximum atomic E-state index is 12.3. The van der Waals surface area contributed by atoms with E-state index in [2.05, 4.69) is 0 Å². The van der Waals surface area contributed by atoms with Crippen molar-refractivity contribution >= 4 is 33.0 Å². The second-order valence-electron chi connectivity index (χ2n) is 4.89. The first-order valence-electron chi connectivity index (χ1n) is 6.50. The number of nitro benzene ring substituents is 1. The molecule has 0 spiro atoms. The van der Waals surface area contributed by atoms with Crippen LogP contribution < -0.4 is 0 Å². The minimum atomic E-state index is -3.22. The van der Waals surface area contributed by atoms with Gasteiger partial charge in [0, 0.05) is 31.0 Å². The van der Waals surface area contributed by atoms with Crippen LogP contribution in [0.15, 0.2) is 18.2 Å². The number of amides is 1. The van der Waals surface area contributed by atoms with Gasteiger partial charge in [0.2, 0.25) is 0 Å². The van der Waals surface area contributed by atoms with Gasteiger partial charge in [0.15, 0.2) is 9.84 Å². The maximum absolute atomic E-state index is 12.3. The van der Waals surface area contributed by atoms with E-state index in [1.807, 2.05) is 0 Å². The van der Waals surface area contributed by atoms with Gasteiger partial charge in [0.25, 0.3) is 11.6 Å². The molecule has 0 aliphatic heterocycles. The zero-order chi connectivity index (χ0) is 17.1. The highest BCUT2D eigenvalue weighted by molar-refractivity contribution is 7.91. The van der Waals surface area contributed by atoms with E-state index in [-0.39, 0.29) is 27.8 Å². The summed E-state index contributed by atoms with van der Waals surface area (Å²) >= 11 is 5.91. The van der Waals surface area contributed by atoms with Crippen molar-refractivity contribution in [3.05, 3.63) is 38.9 Å². The quantitative estimate of drug-likeness (QED) is 0.579. The van der Waals surface area contributed by atoms with E-state index in [9.17, 15) is 23.3 Å². The second-order valence-corrected chi connectivity index (χ2v) is 7.69. The van der Waals surface area contributed by atoms with Crippen LogP contribution in [0, 0.1) is 10.1 Å². The van der Waals surface area contributed by atoms with Gasteiger partial charge < -0.3 is 4.90 Å². The Morgan fingerprint density at radius 2 is 2.05 bits per heavy atom. The summed E-state index contributed by atoms with van der Waals surface area (Å²) in [5.74, 6) is -0.646. The molecule has 9 heteroatoms. The number of halogens is 1. The number of hydrogen-bond acceptors (Lipinski definition) is 5. The summed E-state index contributed by atoms with van der Waals surface area (Å²) < 4.78 is 23.2. The van der Waals surface area contributed by atoms with Crippen LogP contribution in [0.1, 0.15) is 24.2 Å². The third kappa shape index (κ3) is 4.41. The van der Waals surface area contributed by atoms with Gasteiger partial charge in [-0.05, 0) is 13.0 Å². The highest BCUT2D eigenvalue weighted by Crippen LogP contribution is 2.24. The Bertz CT molecular complexity index is 690. The predicted molar refractivity (Wildman–Crippen MR) is 84.0 cm³/mol. The lowest BCUT2D eigenvalue weighted by Crippen LogP contribution is -2.39. The van der Waals surface area contributed by atoms with Crippen LogP contribution in [-0.2, 0) is 9.84 Å². The predicted octanol–water partition coefficient (Wildman–Crippen LogP) is 2.14. The lowest BCUT2D eigenvalue weighted by Gasteiger charge is -2.25. The van der Waals surface area contributed by atoms with Crippen LogP contribution in [-0.4, -0.2) is 48.7 Å². The van der Waals surface area contributed by atoms with Crippen LogP contribution in [0.25, 0.3) is 0 Å². The molecule has 1 rings (SSSR count). The molecule has 0 aliphatic rings. The van der Waals surface area contributed by atoms with Crippen molar-refractivity contribution in [3.63, 3.8) is 0 Å². The van der Waals surface area contributed by atoms with Gasteiger partial charge in [-0.15, -0.1) is 0 Å². The summed E-state index contributed by atoms with van der Waals surface area (Å²) in [6, 6.07) is 3.00. The Labute approximate surface area is 133 Å². The molecule has 0 saturated heterocycles. The maximum Gasteiger partial charge on any atom is 0.270 e. The fraction of sp³-hybridized carbons (Fsp3) is 0.462. The summed E-state index contributed by atoms with van der Waals surface area (Å²) in [7, 11) is -1.76. The van der Waals surface area contributed by atoms with Crippen molar-refractivity contribution in [3.8, 4) is 0 Å². The molecule has 1 aromatic carbocycles. The van der Waals surface area contributed by atoms with Gasteiger partial charge in [-0.2, -0.15) is 0 Å². The van der Waals surface area contributed by atoms with Crippen molar-refractivity contribution in [1.29, 1.82) is 0 Å². The molecule has 0 saturated carbocycles. The number of rotatable bonds is 6. The Balaban J connectivity index is 2.98. The first-order valence-corrected chi connectivity index (χ1v) is 8.70. The van der Waals surface area contributed by atoms with Gasteiger partial charge in [-0.1, -0.05) is 18.5 Å². The number of carbonyl (C=O) groups excluding carboxylic acids is 1. The van der Waals surface area contributed by atoms with Crippen molar-refractivity contribution in [2.75, 3.05) is 18.6 Å². The van der Waals surface area contributed by atoms with Gasteiger partial charge in [-0.3, -0.25) is 14.9 Å². The van der Waals surface area contributed by atoms with E-state index in [0.717, 1.165) is 6.07 Å². The summed E-state index contributed by atoms with van der Waals surface area (Å²) in [6.07, 6.45) is 0. The van der Waals surface area contributed by atoms with Crippen molar-refractivity contribution < 1.29 is 18.1 Å². The van der Waals surface area contributed by atoms with Gasteiger partial charge in [0.05, 0.1) is 21.3 Å². The van der Waals surface area contributed by atoms with Gasteiger partial charge in [0.1, 0.15) is 0 Å². The summed E-state index contributed by atoms with van der Waals surface area (Å²) in [6.45, 7) is 3.15. The molecule has 22 heavy (non-hydrogen) atoms. The zero-order valence-electron chi connectivity index (χ0n) is 12.4. The summed E-state index contributed by atoms with van der Waals surface area (Å²) in [4.78, 5) is 23.6. The van der Waals surface area contributed by atoms with E-state index in [1.54, 1.807) is 6.92 Å². The highest BCUT2D eigenvalue weighted by Gasteiger charge is 2.24. The normalized spacial score (nSPS) is 12.7. The number of nitro groups is 1. The summed E-state index contributed by atoms with van der Waals surface area (Å²) in [5, 5.41) is 10.6. The first kappa shape index (κ1) is 18.4. The van der Waals surface area contributed by atoms with E-state index in [4.69, 9.17) is 11.6 Å². The van der Waals surface area contributed by atoms with Crippen molar-refractivity contribution in [1.82, 2.24) is 4.90 Å². The Morgan fingerprint density at radius 3 is 2.50 bits per heavy atom. The lowest BCUT2D eigenvalue weighted by atomic mass is 10.1. The molecule has 0 radical (unpaired) electrons. The van der Waals surface area contributed by atoms with E-state index >= 15 is 0 Å². The third-order valence-corrected chi connectivity index (χ3v) is 5.49.